The van der Waals surface area contributed by atoms with Gasteiger partial charge in [-0.05, 0) is 29.7 Å². The first-order valence-electron chi connectivity index (χ1n) is 4.14. The number of rotatable bonds is 4. The van der Waals surface area contributed by atoms with Crippen molar-refractivity contribution in [2.45, 2.75) is 23.6 Å². The zero-order chi connectivity index (χ0) is 8.81. The van der Waals surface area contributed by atoms with Crippen LogP contribution in [0.3, 0.4) is 0 Å². The van der Waals surface area contributed by atoms with Gasteiger partial charge in [0.25, 0.3) is 0 Å². The first kappa shape index (κ1) is 10.0. The summed E-state index contributed by atoms with van der Waals surface area (Å²) in [6.07, 6.45) is 0. The molecule has 12 heavy (non-hydrogen) atoms. The summed E-state index contributed by atoms with van der Waals surface area (Å²) in [7, 11) is 0. The lowest BCUT2D eigenvalue weighted by Gasteiger charge is -2.00. The minimum Gasteiger partial charge on any atom is -0.126 e. The van der Waals surface area contributed by atoms with Crippen LogP contribution in [0.1, 0.15) is 13.8 Å². The van der Waals surface area contributed by atoms with Gasteiger partial charge in [-0.2, -0.15) is 0 Å². The van der Waals surface area contributed by atoms with Gasteiger partial charge < -0.3 is 0 Å². The molecule has 0 amide bonds. The Kier molecular flexibility index (Phi) is 4.62. The second-order valence-corrected chi connectivity index (χ2v) is 4.90. The Bertz CT molecular complexity index is 212. The molecule has 0 spiro atoms. The van der Waals surface area contributed by atoms with Crippen LogP contribution in [0.4, 0.5) is 0 Å². The molecule has 0 N–H and O–H groups in total. The molecule has 0 aliphatic carbocycles. The normalized spacial score (nSPS) is 10.2. The van der Waals surface area contributed by atoms with Gasteiger partial charge in [-0.15, -0.1) is 23.5 Å². The molecule has 1 radical (unpaired) electrons. The molecule has 0 atom stereocenters. The van der Waals surface area contributed by atoms with Gasteiger partial charge in [-0.1, -0.05) is 19.9 Å². The van der Waals surface area contributed by atoms with E-state index in [1.807, 2.05) is 29.6 Å². The molecular weight excluding hydrogens is 184 g/mol. The standard InChI is InChI=1S/C10H13S2/c1-3-11-9-6-5-7-10(8-9)12-4-2/h5-6,8H,3-4H2,1-2H3. The third kappa shape index (κ3) is 3.11. The number of hydrogen-bond donors (Lipinski definition) is 0. The van der Waals surface area contributed by atoms with Crippen molar-refractivity contribution in [3.05, 3.63) is 24.3 Å². The highest BCUT2D eigenvalue weighted by molar-refractivity contribution is 8.00. The summed E-state index contributed by atoms with van der Waals surface area (Å²) in [6, 6.07) is 9.56. The second kappa shape index (κ2) is 5.55. The predicted octanol–water partition coefficient (Wildman–Crippen LogP) is 3.71. The van der Waals surface area contributed by atoms with Crippen LogP contribution in [0, 0.1) is 6.07 Å². The van der Waals surface area contributed by atoms with Gasteiger partial charge in [0.15, 0.2) is 0 Å². The smallest absolute Gasteiger partial charge is 0.0162 e. The van der Waals surface area contributed by atoms with Gasteiger partial charge >= 0.3 is 0 Å². The van der Waals surface area contributed by atoms with E-state index in [4.69, 9.17) is 0 Å². The van der Waals surface area contributed by atoms with E-state index in [0.717, 1.165) is 11.5 Å². The second-order valence-electron chi connectivity index (χ2n) is 2.25. The Labute approximate surface area is 83.1 Å². The van der Waals surface area contributed by atoms with Crippen LogP contribution in [0.15, 0.2) is 28.0 Å². The van der Waals surface area contributed by atoms with Crippen molar-refractivity contribution in [3.8, 4) is 0 Å². The fourth-order valence-electron chi connectivity index (χ4n) is 0.920. The molecule has 0 aliphatic heterocycles. The van der Waals surface area contributed by atoms with Crippen LogP contribution in [-0.4, -0.2) is 11.5 Å². The largest absolute Gasteiger partial charge is 0.126 e. The highest BCUT2D eigenvalue weighted by Crippen LogP contribution is 2.23. The van der Waals surface area contributed by atoms with Gasteiger partial charge in [-0.25, -0.2) is 0 Å². The van der Waals surface area contributed by atoms with Crippen LogP contribution < -0.4 is 0 Å². The minimum absolute atomic E-state index is 1.12. The van der Waals surface area contributed by atoms with Crippen molar-refractivity contribution >= 4 is 23.5 Å². The van der Waals surface area contributed by atoms with Crippen LogP contribution in [0.5, 0.6) is 0 Å². The maximum Gasteiger partial charge on any atom is 0.0162 e. The third-order valence-electron chi connectivity index (χ3n) is 1.36. The van der Waals surface area contributed by atoms with Crippen molar-refractivity contribution in [3.63, 3.8) is 0 Å². The molecule has 2 heteroatoms. The Morgan fingerprint density at radius 2 is 2.00 bits per heavy atom. The van der Waals surface area contributed by atoms with E-state index in [1.165, 1.54) is 9.79 Å². The van der Waals surface area contributed by atoms with E-state index < -0.39 is 0 Å². The fraction of sp³-hybridized carbons (Fsp3) is 0.400. The monoisotopic (exact) mass is 197 g/mol. The molecule has 0 aliphatic rings. The number of hydrogen-bond acceptors (Lipinski definition) is 2. The Morgan fingerprint density at radius 3 is 2.67 bits per heavy atom. The van der Waals surface area contributed by atoms with E-state index in [-0.39, 0.29) is 0 Å². The first-order chi connectivity index (χ1) is 5.86. The molecule has 0 saturated heterocycles. The summed E-state index contributed by atoms with van der Waals surface area (Å²) in [5, 5.41) is 0. The highest BCUT2D eigenvalue weighted by Gasteiger charge is 1.94. The van der Waals surface area contributed by atoms with E-state index in [1.54, 1.807) is 0 Å². The number of benzene rings is 1. The first-order valence-corrected chi connectivity index (χ1v) is 6.11. The van der Waals surface area contributed by atoms with Gasteiger partial charge in [0.1, 0.15) is 0 Å². The van der Waals surface area contributed by atoms with Crippen LogP contribution in [0.2, 0.25) is 0 Å². The summed E-state index contributed by atoms with van der Waals surface area (Å²) >= 11 is 3.73. The molecule has 0 nitrogen and oxygen atoms in total. The van der Waals surface area contributed by atoms with Gasteiger partial charge in [0.2, 0.25) is 0 Å². The Balaban J connectivity index is 2.67. The summed E-state index contributed by atoms with van der Waals surface area (Å²) in [6.45, 7) is 4.34. The SMILES string of the molecule is CCSc1[c]ccc(SCC)c1. The molecule has 1 aromatic carbocycles. The molecule has 1 aromatic rings. The molecule has 0 heterocycles. The van der Waals surface area contributed by atoms with Crippen molar-refractivity contribution in [1.29, 1.82) is 0 Å². The average molecular weight is 197 g/mol. The van der Waals surface area contributed by atoms with Gasteiger partial charge in [-0.3, -0.25) is 0 Å². The van der Waals surface area contributed by atoms with E-state index in [9.17, 15) is 0 Å². The quantitative estimate of drug-likeness (QED) is 0.675. The summed E-state index contributed by atoms with van der Waals surface area (Å²) < 4.78 is 0. The topological polar surface area (TPSA) is 0 Å². The average Bonchev–Trinajstić information content (AvgIpc) is 2.06. The lowest BCUT2D eigenvalue weighted by atomic mass is 10.4. The molecule has 65 valence electrons. The van der Waals surface area contributed by atoms with Crippen molar-refractivity contribution in [2.24, 2.45) is 0 Å². The van der Waals surface area contributed by atoms with Crippen molar-refractivity contribution in [2.75, 3.05) is 11.5 Å². The maximum atomic E-state index is 3.22. The zero-order valence-corrected chi connectivity index (χ0v) is 9.10. The van der Waals surface area contributed by atoms with Crippen LogP contribution in [-0.2, 0) is 0 Å². The number of thioether (sulfide) groups is 2. The maximum absolute atomic E-state index is 3.22. The Morgan fingerprint density at radius 1 is 1.25 bits per heavy atom. The predicted molar refractivity (Wildman–Crippen MR) is 58.1 cm³/mol. The molecule has 1 rings (SSSR count). The van der Waals surface area contributed by atoms with Gasteiger partial charge in [0, 0.05) is 9.79 Å². The molecule has 0 unspecified atom stereocenters. The lowest BCUT2D eigenvalue weighted by Crippen LogP contribution is -1.76. The van der Waals surface area contributed by atoms with Crippen LogP contribution >= 0.6 is 23.5 Å². The molecule has 0 fully saturated rings. The van der Waals surface area contributed by atoms with E-state index in [2.05, 4.69) is 32.0 Å². The molecule has 0 saturated carbocycles. The minimum atomic E-state index is 1.12. The molecule has 0 aromatic heterocycles. The van der Waals surface area contributed by atoms with Crippen LogP contribution in [0.25, 0.3) is 0 Å². The van der Waals surface area contributed by atoms with Gasteiger partial charge in [0.05, 0.1) is 0 Å². The van der Waals surface area contributed by atoms with E-state index >= 15 is 0 Å². The third-order valence-corrected chi connectivity index (χ3v) is 3.07. The summed E-state index contributed by atoms with van der Waals surface area (Å²) in [5.41, 5.74) is 0. The highest BCUT2D eigenvalue weighted by atomic mass is 32.2. The van der Waals surface area contributed by atoms with E-state index in [0.29, 0.717) is 0 Å². The zero-order valence-electron chi connectivity index (χ0n) is 7.46. The summed E-state index contributed by atoms with van der Waals surface area (Å²) in [5.74, 6) is 2.26. The van der Waals surface area contributed by atoms with Crippen molar-refractivity contribution in [1.82, 2.24) is 0 Å². The molecular formula is C10H13S2. The lowest BCUT2D eigenvalue weighted by molar-refractivity contribution is 1.31. The fourth-order valence-corrected chi connectivity index (χ4v) is 2.37. The Hall–Kier alpha value is -0.0800. The summed E-state index contributed by atoms with van der Waals surface area (Å²) in [4.78, 5) is 2.61. The van der Waals surface area contributed by atoms with Crippen molar-refractivity contribution < 1.29 is 0 Å². The molecule has 0 bridgehead atoms.